The van der Waals surface area contributed by atoms with Crippen molar-refractivity contribution in [2.75, 3.05) is 31.1 Å². The third kappa shape index (κ3) is 4.15. The summed E-state index contributed by atoms with van der Waals surface area (Å²) >= 11 is 0. The fraction of sp³-hybridized carbons (Fsp3) is 0.455. The Morgan fingerprint density at radius 1 is 0.969 bits per heavy atom. The minimum Gasteiger partial charge on any atom is -0.367 e. The number of anilines is 1. The Labute approximate surface area is 181 Å². The number of rotatable bonds is 5. The molecular formula is C22H22F5N5. The van der Waals surface area contributed by atoms with Gasteiger partial charge in [0.1, 0.15) is 23.0 Å². The lowest BCUT2D eigenvalue weighted by atomic mass is 10.1. The zero-order valence-electron chi connectivity index (χ0n) is 17.2. The highest BCUT2D eigenvalue weighted by Gasteiger charge is 2.38. The average molecular weight is 451 g/mol. The maximum atomic E-state index is 14.1. The van der Waals surface area contributed by atoms with Crippen molar-refractivity contribution in [2.24, 2.45) is 5.92 Å². The predicted octanol–water partition coefficient (Wildman–Crippen LogP) is 4.30. The van der Waals surface area contributed by atoms with Crippen LogP contribution >= 0.6 is 0 Å². The lowest BCUT2D eigenvalue weighted by Crippen LogP contribution is -2.46. The van der Waals surface area contributed by atoms with Gasteiger partial charge >= 0.3 is 6.18 Å². The maximum absolute atomic E-state index is 14.1. The minimum atomic E-state index is -4.56. The Morgan fingerprint density at radius 2 is 1.72 bits per heavy atom. The van der Waals surface area contributed by atoms with Gasteiger partial charge in [-0.3, -0.25) is 9.30 Å². The normalized spacial score (nSPS) is 18.0. The Morgan fingerprint density at radius 3 is 2.41 bits per heavy atom. The van der Waals surface area contributed by atoms with Crippen LogP contribution in [0.1, 0.15) is 29.8 Å². The molecule has 3 aromatic rings. The number of benzene rings is 1. The SMILES string of the molecule is Fc1ccc(F)c(N2CCN(Cc3ccn4c(CC5CC5)nnc4c3C(F)(F)F)CC2)c1. The third-order valence-corrected chi connectivity index (χ3v) is 6.20. The average Bonchev–Trinajstić information content (AvgIpc) is 3.48. The standard InChI is InChI=1S/C22H22F5N5/c23-16-3-4-17(24)18(12-16)31-9-7-30(8-10-31)13-15-5-6-32-19(11-14-1-2-14)28-29-21(32)20(15)22(25,26)27/h3-6,12,14H,1-2,7-11,13H2. The number of hydrogen-bond donors (Lipinski definition) is 0. The molecule has 0 bridgehead atoms. The molecule has 0 amide bonds. The highest BCUT2D eigenvalue weighted by Crippen LogP contribution is 2.37. The molecule has 10 heteroatoms. The summed E-state index contributed by atoms with van der Waals surface area (Å²) in [6.45, 7) is 1.73. The summed E-state index contributed by atoms with van der Waals surface area (Å²) in [7, 11) is 0. The highest BCUT2D eigenvalue weighted by atomic mass is 19.4. The minimum absolute atomic E-state index is 0.0929. The van der Waals surface area contributed by atoms with Crippen LogP contribution in [-0.2, 0) is 19.1 Å². The number of nitrogens with zero attached hydrogens (tertiary/aromatic N) is 5. The quantitative estimate of drug-likeness (QED) is 0.542. The largest absolute Gasteiger partial charge is 0.420 e. The molecule has 170 valence electrons. The number of fused-ring (bicyclic) bond motifs is 1. The van der Waals surface area contributed by atoms with E-state index in [-0.39, 0.29) is 23.4 Å². The summed E-state index contributed by atoms with van der Waals surface area (Å²) in [6.07, 6.45) is -0.157. The molecule has 0 radical (unpaired) electrons. The topological polar surface area (TPSA) is 36.7 Å². The fourth-order valence-corrected chi connectivity index (χ4v) is 4.32. The molecule has 5 nitrogen and oxygen atoms in total. The number of halogens is 5. The van der Waals surface area contributed by atoms with Crippen molar-refractivity contribution in [3.8, 4) is 0 Å². The number of pyridine rings is 1. The van der Waals surface area contributed by atoms with Gasteiger partial charge in [-0.2, -0.15) is 13.2 Å². The molecule has 0 spiro atoms. The van der Waals surface area contributed by atoms with Gasteiger partial charge in [0.2, 0.25) is 0 Å². The zero-order chi connectivity index (χ0) is 22.5. The smallest absolute Gasteiger partial charge is 0.367 e. The van der Waals surface area contributed by atoms with E-state index in [0.717, 1.165) is 31.0 Å². The van der Waals surface area contributed by atoms with E-state index in [1.54, 1.807) is 11.1 Å². The van der Waals surface area contributed by atoms with Gasteiger partial charge in [-0.15, -0.1) is 10.2 Å². The van der Waals surface area contributed by atoms with Crippen molar-refractivity contribution in [2.45, 2.75) is 32.0 Å². The van der Waals surface area contributed by atoms with Crippen molar-refractivity contribution in [1.82, 2.24) is 19.5 Å². The molecule has 1 saturated heterocycles. The molecule has 0 atom stereocenters. The Kier molecular flexibility index (Phi) is 5.27. The van der Waals surface area contributed by atoms with Crippen LogP contribution in [-0.4, -0.2) is 45.7 Å². The molecule has 32 heavy (non-hydrogen) atoms. The second kappa shape index (κ2) is 7.99. The van der Waals surface area contributed by atoms with Crippen LogP contribution in [0.2, 0.25) is 0 Å². The second-order valence-electron chi connectivity index (χ2n) is 8.53. The van der Waals surface area contributed by atoms with Gasteiger partial charge in [-0.25, -0.2) is 8.78 Å². The van der Waals surface area contributed by atoms with E-state index in [4.69, 9.17) is 0 Å². The predicted molar refractivity (Wildman–Crippen MR) is 108 cm³/mol. The van der Waals surface area contributed by atoms with Gasteiger partial charge in [0, 0.05) is 51.4 Å². The summed E-state index contributed by atoms with van der Waals surface area (Å²) in [6, 6.07) is 4.78. The first-order valence-corrected chi connectivity index (χ1v) is 10.6. The first-order valence-electron chi connectivity index (χ1n) is 10.6. The van der Waals surface area contributed by atoms with Gasteiger partial charge in [-0.05, 0) is 42.5 Å². The molecule has 0 N–H and O–H groups in total. The molecule has 3 heterocycles. The highest BCUT2D eigenvalue weighted by molar-refractivity contribution is 5.54. The van der Waals surface area contributed by atoms with Crippen LogP contribution in [0.25, 0.3) is 5.65 Å². The Balaban J connectivity index is 1.35. The van der Waals surface area contributed by atoms with E-state index in [0.29, 0.717) is 44.3 Å². The molecule has 1 aliphatic heterocycles. The molecule has 2 aliphatic rings. The first kappa shape index (κ1) is 21.1. The number of aromatic nitrogens is 3. The van der Waals surface area contributed by atoms with Crippen LogP contribution < -0.4 is 4.90 Å². The van der Waals surface area contributed by atoms with E-state index in [9.17, 15) is 22.0 Å². The van der Waals surface area contributed by atoms with Gasteiger partial charge in [0.15, 0.2) is 5.65 Å². The van der Waals surface area contributed by atoms with Crippen molar-refractivity contribution in [1.29, 1.82) is 0 Å². The Hall–Kier alpha value is -2.75. The summed E-state index contributed by atoms with van der Waals surface area (Å²) in [5, 5.41) is 7.90. The molecule has 1 aromatic carbocycles. The van der Waals surface area contributed by atoms with E-state index in [1.807, 2.05) is 4.90 Å². The summed E-state index contributed by atoms with van der Waals surface area (Å²) in [4.78, 5) is 3.60. The van der Waals surface area contributed by atoms with Crippen LogP contribution in [0.5, 0.6) is 0 Å². The first-order chi connectivity index (χ1) is 15.3. The zero-order valence-corrected chi connectivity index (χ0v) is 17.2. The van der Waals surface area contributed by atoms with Crippen molar-refractivity contribution in [3.63, 3.8) is 0 Å². The molecule has 5 rings (SSSR count). The van der Waals surface area contributed by atoms with E-state index in [1.165, 1.54) is 10.5 Å². The molecule has 1 aliphatic carbocycles. The summed E-state index contributed by atoms with van der Waals surface area (Å²) < 4.78 is 71.0. The van der Waals surface area contributed by atoms with Crippen LogP contribution in [0.3, 0.4) is 0 Å². The molecule has 2 aromatic heterocycles. The van der Waals surface area contributed by atoms with E-state index < -0.39 is 23.4 Å². The molecule has 0 unspecified atom stereocenters. The lowest BCUT2D eigenvalue weighted by Gasteiger charge is -2.36. The summed E-state index contributed by atoms with van der Waals surface area (Å²) in [5.74, 6) is 0.000649. The monoisotopic (exact) mass is 451 g/mol. The van der Waals surface area contributed by atoms with Crippen LogP contribution in [0.15, 0.2) is 30.5 Å². The van der Waals surface area contributed by atoms with E-state index in [2.05, 4.69) is 10.2 Å². The number of piperazine rings is 1. The fourth-order valence-electron chi connectivity index (χ4n) is 4.32. The van der Waals surface area contributed by atoms with Crippen molar-refractivity contribution in [3.05, 3.63) is 59.0 Å². The van der Waals surface area contributed by atoms with Gasteiger partial charge in [0.25, 0.3) is 0 Å². The van der Waals surface area contributed by atoms with Crippen LogP contribution in [0.4, 0.5) is 27.6 Å². The van der Waals surface area contributed by atoms with Crippen LogP contribution in [0, 0.1) is 17.6 Å². The maximum Gasteiger partial charge on any atom is 0.420 e. The molecule has 1 saturated carbocycles. The lowest BCUT2D eigenvalue weighted by molar-refractivity contribution is -0.137. The van der Waals surface area contributed by atoms with Crippen molar-refractivity contribution >= 4 is 11.3 Å². The van der Waals surface area contributed by atoms with Crippen molar-refractivity contribution < 1.29 is 22.0 Å². The van der Waals surface area contributed by atoms with Gasteiger partial charge < -0.3 is 4.90 Å². The van der Waals surface area contributed by atoms with E-state index >= 15 is 0 Å². The van der Waals surface area contributed by atoms with Gasteiger partial charge in [0.05, 0.1) is 5.69 Å². The number of hydrogen-bond acceptors (Lipinski definition) is 4. The Bertz CT molecular complexity index is 1130. The third-order valence-electron chi connectivity index (χ3n) is 6.20. The second-order valence-corrected chi connectivity index (χ2v) is 8.53. The molecule has 2 fully saturated rings. The number of alkyl halides is 3. The molecular weight excluding hydrogens is 429 g/mol. The summed E-state index contributed by atoms with van der Waals surface area (Å²) in [5.41, 5.74) is -0.603. The van der Waals surface area contributed by atoms with Gasteiger partial charge in [-0.1, -0.05) is 0 Å².